The van der Waals surface area contributed by atoms with E-state index >= 15 is 0 Å². The summed E-state index contributed by atoms with van der Waals surface area (Å²) in [5, 5.41) is 0.679. The number of hydrogen-bond acceptors (Lipinski definition) is 3. The fraction of sp³-hybridized carbons (Fsp3) is 0.188. The molecular formula is C16H15ClO3. The normalized spacial score (nSPS) is 11.4. The monoisotopic (exact) mass is 290 g/mol. The second kappa shape index (κ2) is 6.44. The molecular weight excluding hydrogens is 276 g/mol. The molecule has 20 heavy (non-hydrogen) atoms. The summed E-state index contributed by atoms with van der Waals surface area (Å²) < 4.78 is 10.6. The summed E-state index contributed by atoms with van der Waals surface area (Å²) in [4.78, 5) is 11.5. The van der Waals surface area contributed by atoms with Gasteiger partial charge in [0.25, 0.3) is 0 Å². The Kier molecular flexibility index (Phi) is 4.64. The third-order valence-electron chi connectivity index (χ3n) is 2.71. The number of ether oxygens (including phenoxy) is 1. The summed E-state index contributed by atoms with van der Waals surface area (Å²) in [7, 11) is 0. The molecule has 1 aromatic heterocycles. The van der Waals surface area contributed by atoms with Crippen LogP contribution in [0.3, 0.4) is 0 Å². The summed E-state index contributed by atoms with van der Waals surface area (Å²) in [6, 6.07) is 11.0. The van der Waals surface area contributed by atoms with Crippen molar-refractivity contribution in [2.45, 2.75) is 13.8 Å². The van der Waals surface area contributed by atoms with E-state index in [-0.39, 0.29) is 5.97 Å². The fourth-order valence-electron chi connectivity index (χ4n) is 1.72. The molecule has 0 aliphatic carbocycles. The van der Waals surface area contributed by atoms with E-state index in [2.05, 4.69) is 0 Å². The molecule has 0 aliphatic rings. The molecule has 0 amide bonds. The predicted octanol–water partition coefficient (Wildman–Crippen LogP) is 4.57. The molecule has 0 fully saturated rings. The van der Waals surface area contributed by atoms with E-state index in [9.17, 15) is 4.79 Å². The Morgan fingerprint density at radius 3 is 2.60 bits per heavy atom. The van der Waals surface area contributed by atoms with Crippen LogP contribution in [0.4, 0.5) is 0 Å². The molecule has 0 N–H and O–H groups in total. The molecule has 0 radical (unpaired) electrons. The number of carbonyl (C=O) groups excluding carboxylic acids is 1. The Balaban J connectivity index is 2.19. The molecule has 0 aliphatic heterocycles. The van der Waals surface area contributed by atoms with Gasteiger partial charge in [-0.3, -0.25) is 0 Å². The molecule has 0 unspecified atom stereocenters. The molecule has 2 aromatic rings. The highest BCUT2D eigenvalue weighted by Gasteiger charge is 2.07. The number of furan rings is 1. The summed E-state index contributed by atoms with van der Waals surface area (Å²) in [6.07, 6.45) is 1.66. The minimum Gasteiger partial charge on any atom is -0.463 e. The van der Waals surface area contributed by atoms with Crippen LogP contribution in [-0.4, -0.2) is 12.6 Å². The SMILES string of the molecule is CCOC(=O)/C(C)=C/c1ccc(-c2ccc(Cl)cc2)o1. The predicted molar refractivity (Wildman–Crippen MR) is 79.4 cm³/mol. The lowest BCUT2D eigenvalue weighted by atomic mass is 10.2. The first-order chi connectivity index (χ1) is 9.60. The van der Waals surface area contributed by atoms with Crippen molar-refractivity contribution in [1.82, 2.24) is 0 Å². The van der Waals surface area contributed by atoms with Gasteiger partial charge in [-0.05, 0) is 56.3 Å². The van der Waals surface area contributed by atoms with E-state index in [1.807, 2.05) is 24.3 Å². The number of carbonyl (C=O) groups is 1. The van der Waals surface area contributed by atoms with Crippen molar-refractivity contribution in [2.75, 3.05) is 6.61 Å². The molecule has 0 spiro atoms. The molecule has 3 nitrogen and oxygen atoms in total. The number of esters is 1. The van der Waals surface area contributed by atoms with Gasteiger partial charge in [0.2, 0.25) is 0 Å². The summed E-state index contributed by atoms with van der Waals surface area (Å²) >= 11 is 5.85. The zero-order valence-electron chi connectivity index (χ0n) is 11.4. The minimum atomic E-state index is -0.336. The van der Waals surface area contributed by atoms with Gasteiger partial charge in [0, 0.05) is 16.2 Å². The number of hydrogen-bond donors (Lipinski definition) is 0. The van der Waals surface area contributed by atoms with Crippen LogP contribution in [-0.2, 0) is 9.53 Å². The van der Waals surface area contributed by atoms with Crippen LogP contribution in [0.15, 0.2) is 46.4 Å². The van der Waals surface area contributed by atoms with Gasteiger partial charge in [0.05, 0.1) is 6.61 Å². The lowest BCUT2D eigenvalue weighted by Gasteiger charge is -2.00. The Labute approximate surface area is 122 Å². The zero-order valence-corrected chi connectivity index (χ0v) is 12.1. The first kappa shape index (κ1) is 14.4. The van der Waals surface area contributed by atoms with Gasteiger partial charge < -0.3 is 9.15 Å². The molecule has 0 saturated carbocycles. The van der Waals surface area contributed by atoms with Crippen LogP contribution in [0.5, 0.6) is 0 Å². The van der Waals surface area contributed by atoms with Gasteiger partial charge >= 0.3 is 5.97 Å². The van der Waals surface area contributed by atoms with E-state index in [1.54, 1.807) is 32.1 Å². The first-order valence-electron chi connectivity index (χ1n) is 6.31. The van der Waals surface area contributed by atoms with Crippen LogP contribution in [0.2, 0.25) is 5.02 Å². The highest BCUT2D eigenvalue weighted by Crippen LogP contribution is 2.24. The van der Waals surface area contributed by atoms with Gasteiger partial charge in [-0.1, -0.05) is 11.6 Å². The lowest BCUT2D eigenvalue weighted by molar-refractivity contribution is -0.138. The number of rotatable bonds is 4. The topological polar surface area (TPSA) is 39.4 Å². The van der Waals surface area contributed by atoms with Gasteiger partial charge in [0.1, 0.15) is 11.5 Å². The Morgan fingerprint density at radius 2 is 1.95 bits per heavy atom. The maximum atomic E-state index is 11.5. The van der Waals surface area contributed by atoms with Crippen molar-refractivity contribution in [3.63, 3.8) is 0 Å². The van der Waals surface area contributed by atoms with Crippen molar-refractivity contribution in [2.24, 2.45) is 0 Å². The molecule has 2 rings (SSSR count). The summed E-state index contributed by atoms with van der Waals surface area (Å²) in [6.45, 7) is 3.83. The first-order valence-corrected chi connectivity index (χ1v) is 6.69. The molecule has 0 atom stereocenters. The molecule has 1 heterocycles. The van der Waals surface area contributed by atoms with Gasteiger partial charge in [-0.15, -0.1) is 0 Å². The lowest BCUT2D eigenvalue weighted by Crippen LogP contribution is -2.04. The van der Waals surface area contributed by atoms with Crippen molar-refractivity contribution in [3.05, 3.63) is 52.8 Å². The van der Waals surface area contributed by atoms with E-state index < -0.39 is 0 Å². The highest BCUT2D eigenvalue weighted by atomic mass is 35.5. The van der Waals surface area contributed by atoms with Crippen molar-refractivity contribution >= 4 is 23.6 Å². The molecule has 4 heteroatoms. The molecule has 104 valence electrons. The van der Waals surface area contributed by atoms with Crippen LogP contribution in [0, 0.1) is 0 Å². The zero-order chi connectivity index (χ0) is 14.5. The Hall–Kier alpha value is -2.00. The van der Waals surface area contributed by atoms with Crippen molar-refractivity contribution in [3.8, 4) is 11.3 Å². The summed E-state index contributed by atoms with van der Waals surface area (Å²) in [5.41, 5.74) is 1.44. The quantitative estimate of drug-likeness (QED) is 0.612. The van der Waals surface area contributed by atoms with E-state index in [0.29, 0.717) is 23.0 Å². The maximum Gasteiger partial charge on any atom is 0.333 e. The average Bonchev–Trinajstić information content (AvgIpc) is 2.88. The van der Waals surface area contributed by atoms with Crippen LogP contribution >= 0.6 is 11.6 Å². The standard InChI is InChI=1S/C16H15ClO3/c1-3-19-16(18)11(2)10-14-8-9-15(20-14)12-4-6-13(17)7-5-12/h4-10H,3H2,1-2H3/b11-10+. The third kappa shape index (κ3) is 3.52. The van der Waals surface area contributed by atoms with Crippen molar-refractivity contribution in [1.29, 1.82) is 0 Å². The molecule has 1 aromatic carbocycles. The summed E-state index contributed by atoms with van der Waals surface area (Å²) in [5.74, 6) is 1.00. The second-order valence-corrected chi connectivity index (χ2v) is 4.69. The molecule has 0 saturated heterocycles. The fourth-order valence-corrected chi connectivity index (χ4v) is 1.84. The van der Waals surface area contributed by atoms with E-state index in [1.165, 1.54) is 0 Å². The van der Waals surface area contributed by atoms with Crippen LogP contribution in [0.1, 0.15) is 19.6 Å². The van der Waals surface area contributed by atoms with Gasteiger partial charge in [-0.2, -0.15) is 0 Å². The van der Waals surface area contributed by atoms with Crippen LogP contribution < -0.4 is 0 Å². The maximum absolute atomic E-state index is 11.5. The van der Waals surface area contributed by atoms with Crippen molar-refractivity contribution < 1.29 is 13.9 Å². The van der Waals surface area contributed by atoms with E-state index in [0.717, 1.165) is 11.3 Å². The minimum absolute atomic E-state index is 0.336. The number of benzene rings is 1. The number of halogens is 1. The third-order valence-corrected chi connectivity index (χ3v) is 2.96. The highest BCUT2D eigenvalue weighted by molar-refractivity contribution is 6.30. The average molecular weight is 291 g/mol. The second-order valence-electron chi connectivity index (χ2n) is 4.26. The Morgan fingerprint density at radius 1 is 1.25 bits per heavy atom. The Bertz CT molecular complexity index is 623. The van der Waals surface area contributed by atoms with E-state index in [4.69, 9.17) is 20.8 Å². The van der Waals surface area contributed by atoms with Gasteiger partial charge in [0.15, 0.2) is 0 Å². The smallest absolute Gasteiger partial charge is 0.333 e. The molecule has 0 bridgehead atoms. The van der Waals surface area contributed by atoms with Gasteiger partial charge in [-0.25, -0.2) is 4.79 Å². The largest absolute Gasteiger partial charge is 0.463 e. The van der Waals surface area contributed by atoms with Crippen LogP contribution in [0.25, 0.3) is 17.4 Å².